The first-order valence-corrected chi connectivity index (χ1v) is 18.7. The molecule has 3 amide bonds. The van der Waals surface area contributed by atoms with Gasteiger partial charge in [-0.05, 0) is 82.2 Å². The van der Waals surface area contributed by atoms with Crippen LogP contribution < -0.4 is 10.6 Å². The number of benzene rings is 2. The smallest absolute Gasteiger partial charge is 0.417 e. The molecule has 18 heteroatoms. The summed E-state index contributed by atoms with van der Waals surface area (Å²) in [5, 5.41) is 18.3. The molecule has 2 aromatic rings. The van der Waals surface area contributed by atoms with Crippen LogP contribution in [0.4, 0.5) is 14.4 Å². The van der Waals surface area contributed by atoms with Crippen LogP contribution in [-0.4, -0.2) is 123 Å². The Kier molecular flexibility index (Phi) is 18.5. The molecular weight excluding hydrogens is 742 g/mol. The number of carboxylic acids is 1. The second-order valence-corrected chi connectivity index (χ2v) is 14.8. The fourth-order valence-electron chi connectivity index (χ4n) is 5.56. The number of rotatable bonds is 20. The van der Waals surface area contributed by atoms with E-state index in [1.54, 1.807) is 41.5 Å². The van der Waals surface area contributed by atoms with Gasteiger partial charge in [0, 0.05) is 23.9 Å². The Morgan fingerprint density at radius 2 is 1.37 bits per heavy atom. The fraction of sp³-hybridized carbons (Fsp3) is 0.564. The number of hydrogen-bond donors (Lipinski definition) is 3. The highest BCUT2D eigenvalue weighted by Gasteiger charge is 2.31. The molecular formula is C39H55N7O11. The maximum absolute atomic E-state index is 13.4. The number of guanidine groups is 1. The summed E-state index contributed by atoms with van der Waals surface area (Å²) in [5.74, 6) is -1.67. The number of ether oxygens (including phenoxy) is 6. The minimum absolute atomic E-state index is 0.00539. The van der Waals surface area contributed by atoms with Gasteiger partial charge in [-0.15, -0.1) is 0 Å². The summed E-state index contributed by atoms with van der Waals surface area (Å²) < 4.78 is 32.9. The largest absolute Gasteiger partial charge is 0.480 e. The number of alkyl carbamates (subject to hydrolysis) is 2. The van der Waals surface area contributed by atoms with Gasteiger partial charge in [-0.2, -0.15) is 0 Å². The number of nitrogens with one attached hydrogen (secondary N) is 2. The number of carboxylic acid groups (broad SMARTS) is 1. The van der Waals surface area contributed by atoms with Crippen LogP contribution >= 0.6 is 0 Å². The Labute approximate surface area is 332 Å². The Bertz CT molecular complexity index is 1670. The van der Waals surface area contributed by atoms with Crippen LogP contribution in [0.3, 0.4) is 0 Å². The molecule has 57 heavy (non-hydrogen) atoms. The van der Waals surface area contributed by atoms with Gasteiger partial charge < -0.3 is 38.8 Å². The molecule has 0 spiro atoms. The van der Waals surface area contributed by atoms with Gasteiger partial charge in [0.05, 0.1) is 46.2 Å². The number of aliphatic imine (C=N–C) groups is 1. The van der Waals surface area contributed by atoms with Gasteiger partial charge in [-0.3, -0.25) is 10.3 Å². The first-order valence-electron chi connectivity index (χ1n) is 18.7. The summed E-state index contributed by atoms with van der Waals surface area (Å²) in [5.41, 5.74) is 10.7. The molecule has 2 aromatic carbocycles. The third kappa shape index (κ3) is 16.7. The van der Waals surface area contributed by atoms with Crippen molar-refractivity contribution in [3.05, 3.63) is 70.1 Å². The summed E-state index contributed by atoms with van der Waals surface area (Å²) in [6.45, 7) is 11.5. The number of nitrogens with zero attached hydrogens (tertiary/aromatic N) is 5. The summed E-state index contributed by atoms with van der Waals surface area (Å²) in [4.78, 5) is 59.5. The van der Waals surface area contributed by atoms with E-state index in [1.807, 2.05) is 48.5 Å². The number of amides is 3. The van der Waals surface area contributed by atoms with Crippen molar-refractivity contribution in [2.75, 3.05) is 65.9 Å². The topological polar surface area (TPSA) is 232 Å². The molecule has 3 rings (SSSR count). The monoisotopic (exact) mass is 797 g/mol. The normalized spacial score (nSPS) is 13.1. The van der Waals surface area contributed by atoms with Crippen LogP contribution in [0.5, 0.6) is 0 Å². The number of carbonyl (C=O) groups is 4. The summed E-state index contributed by atoms with van der Waals surface area (Å²) in [7, 11) is 0. The van der Waals surface area contributed by atoms with E-state index in [4.69, 9.17) is 34.0 Å². The Morgan fingerprint density at radius 3 is 1.93 bits per heavy atom. The lowest BCUT2D eigenvalue weighted by molar-refractivity contribution is -0.139. The molecule has 0 aliphatic heterocycles. The van der Waals surface area contributed by atoms with Crippen molar-refractivity contribution in [3.63, 3.8) is 0 Å². The first kappa shape index (κ1) is 46.0. The molecule has 1 aliphatic rings. The number of carbonyl (C=O) groups excluding carboxylic acids is 3. The summed E-state index contributed by atoms with van der Waals surface area (Å²) in [6, 6.07) is 14.4. The van der Waals surface area contributed by atoms with E-state index in [9.17, 15) is 24.3 Å². The molecule has 0 aromatic heterocycles. The molecule has 0 saturated heterocycles. The zero-order chi connectivity index (χ0) is 41.8. The lowest BCUT2D eigenvalue weighted by Crippen LogP contribution is -2.51. The van der Waals surface area contributed by atoms with Gasteiger partial charge in [0.15, 0.2) is 0 Å². The number of aliphatic carboxylic acids is 1. The average molecular weight is 798 g/mol. The molecule has 0 radical (unpaired) electrons. The van der Waals surface area contributed by atoms with Crippen molar-refractivity contribution in [2.45, 2.75) is 77.5 Å². The molecule has 1 atom stereocenters. The van der Waals surface area contributed by atoms with E-state index >= 15 is 0 Å². The number of azide groups is 1. The van der Waals surface area contributed by atoms with E-state index in [0.29, 0.717) is 13.2 Å². The summed E-state index contributed by atoms with van der Waals surface area (Å²) in [6.07, 6.45) is -2.50. The maximum atomic E-state index is 13.4. The van der Waals surface area contributed by atoms with E-state index < -0.39 is 41.5 Å². The van der Waals surface area contributed by atoms with E-state index in [-0.39, 0.29) is 77.4 Å². The van der Waals surface area contributed by atoms with Crippen LogP contribution in [0.25, 0.3) is 21.6 Å². The fourth-order valence-corrected chi connectivity index (χ4v) is 5.56. The molecule has 0 saturated carbocycles. The van der Waals surface area contributed by atoms with Crippen molar-refractivity contribution >= 4 is 30.2 Å². The highest BCUT2D eigenvalue weighted by Crippen LogP contribution is 2.44. The predicted octanol–water partition coefficient (Wildman–Crippen LogP) is 6.24. The van der Waals surface area contributed by atoms with Gasteiger partial charge in [-0.1, -0.05) is 53.6 Å². The second kappa shape index (κ2) is 23.0. The summed E-state index contributed by atoms with van der Waals surface area (Å²) >= 11 is 0. The zero-order valence-corrected chi connectivity index (χ0v) is 33.5. The molecule has 1 aliphatic carbocycles. The Balaban J connectivity index is 1.62. The third-order valence-corrected chi connectivity index (χ3v) is 7.93. The molecule has 0 fully saturated rings. The van der Waals surface area contributed by atoms with Crippen molar-refractivity contribution in [1.29, 1.82) is 0 Å². The van der Waals surface area contributed by atoms with Crippen LogP contribution in [0.2, 0.25) is 0 Å². The minimum Gasteiger partial charge on any atom is -0.480 e. The molecule has 0 bridgehead atoms. The van der Waals surface area contributed by atoms with E-state index in [0.717, 1.165) is 27.2 Å². The first-order chi connectivity index (χ1) is 27.1. The van der Waals surface area contributed by atoms with Crippen molar-refractivity contribution in [1.82, 2.24) is 15.5 Å². The van der Waals surface area contributed by atoms with Crippen molar-refractivity contribution in [2.24, 2.45) is 10.1 Å². The van der Waals surface area contributed by atoms with Gasteiger partial charge in [0.2, 0.25) is 5.96 Å². The van der Waals surface area contributed by atoms with Crippen molar-refractivity contribution < 1.29 is 52.7 Å². The Hall–Kier alpha value is -5.42. The highest BCUT2D eigenvalue weighted by atomic mass is 16.6. The minimum atomic E-state index is -1.31. The van der Waals surface area contributed by atoms with Crippen LogP contribution in [0, 0.1) is 0 Å². The standard InChI is InChI=1S/C39H55N7O11/c1-38(2,3)56-36(50)44-34(46(37(51)57-39(4,5)6)19-21-53-23-25-54-24-22-52-20-18-42-45-40)41-17-11-16-32(33(47)48)43-35(49)55-26-31-29-14-9-7-12-27(29)28-13-8-10-15-30(28)31/h7-10,12-15,31-32H,11,16-26H2,1-6H3,(H,43,49)(H,47,48)(H,41,44,50)/t32-/m0/s1. The quantitative estimate of drug-likeness (QED) is 0.0258. The highest BCUT2D eigenvalue weighted by molar-refractivity contribution is 6.01. The molecule has 0 heterocycles. The molecule has 0 unspecified atom stereocenters. The van der Waals surface area contributed by atoms with E-state index in [2.05, 4.69) is 25.7 Å². The van der Waals surface area contributed by atoms with Gasteiger partial charge in [-0.25, -0.2) is 24.1 Å². The van der Waals surface area contributed by atoms with Crippen molar-refractivity contribution in [3.8, 4) is 11.1 Å². The molecule has 312 valence electrons. The lowest BCUT2D eigenvalue weighted by Gasteiger charge is -2.29. The van der Waals surface area contributed by atoms with Crippen LogP contribution in [0.1, 0.15) is 71.4 Å². The zero-order valence-electron chi connectivity index (χ0n) is 33.5. The lowest BCUT2D eigenvalue weighted by atomic mass is 9.98. The average Bonchev–Trinajstić information content (AvgIpc) is 3.45. The maximum Gasteiger partial charge on any atom is 0.417 e. The van der Waals surface area contributed by atoms with Crippen LogP contribution in [-0.2, 0) is 33.2 Å². The van der Waals surface area contributed by atoms with E-state index in [1.165, 1.54) is 0 Å². The second-order valence-electron chi connectivity index (χ2n) is 14.8. The Morgan fingerprint density at radius 1 is 0.807 bits per heavy atom. The molecule has 18 nitrogen and oxygen atoms in total. The predicted molar refractivity (Wildman–Crippen MR) is 210 cm³/mol. The van der Waals surface area contributed by atoms with Crippen LogP contribution in [0.15, 0.2) is 58.6 Å². The molecule has 3 N–H and O–H groups in total. The van der Waals surface area contributed by atoms with Gasteiger partial charge in [0.25, 0.3) is 0 Å². The third-order valence-electron chi connectivity index (χ3n) is 7.93. The SMILES string of the molecule is CC(C)(C)OC(=O)NC(=NCCC[C@H](NC(=O)OCC1c2ccccc2-c2ccccc21)C(=O)O)N(CCOCCOCCOCCN=[N+]=[N-])C(=O)OC(C)(C)C. The number of hydrogen-bond acceptors (Lipinski definition) is 12. The van der Waals surface area contributed by atoms with Gasteiger partial charge in [0.1, 0.15) is 23.9 Å². The van der Waals surface area contributed by atoms with Gasteiger partial charge >= 0.3 is 24.2 Å². The number of fused-ring (bicyclic) bond motifs is 3.